The molecule has 19 heavy (non-hydrogen) atoms. The summed E-state index contributed by atoms with van der Waals surface area (Å²) >= 11 is 0. The summed E-state index contributed by atoms with van der Waals surface area (Å²) < 4.78 is 13.0. The van der Waals surface area contributed by atoms with Crippen LogP contribution < -0.4 is 5.32 Å². The minimum atomic E-state index is -0.150. The summed E-state index contributed by atoms with van der Waals surface area (Å²) in [6.07, 6.45) is 7.68. The molecule has 0 bridgehead atoms. The first-order valence-electron chi connectivity index (χ1n) is 7.76. The summed E-state index contributed by atoms with van der Waals surface area (Å²) in [5.74, 6) is 0.658. The van der Waals surface area contributed by atoms with Crippen LogP contribution in [-0.4, -0.2) is 6.04 Å². The van der Waals surface area contributed by atoms with Crippen molar-refractivity contribution in [3.8, 4) is 0 Å². The average Bonchev–Trinajstić information content (AvgIpc) is 2.46. The van der Waals surface area contributed by atoms with Crippen molar-refractivity contribution in [2.24, 2.45) is 5.92 Å². The summed E-state index contributed by atoms with van der Waals surface area (Å²) in [7, 11) is 0. The Morgan fingerprint density at radius 1 is 1.16 bits per heavy atom. The lowest BCUT2D eigenvalue weighted by Gasteiger charge is -2.35. The Kier molecular flexibility index (Phi) is 5.38. The second-order valence-corrected chi connectivity index (χ2v) is 5.74. The highest BCUT2D eigenvalue weighted by Gasteiger charge is 2.25. The van der Waals surface area contributed by atoms with Crippen LogP contribution in [0.15, 0.2) is 24.3 Å². The molecule has 1 aromatic rings. The Labute approximate surface area is 116 Å². The van der Waals surface area contributed by atoms with E-state index in [0.29, 0.717) is 12.1 Å². The fraction of sp³-hybridized carbons (Fsp3) is 0.647. The Balaban J connectivity index is 2.03. The van der Waals surface area contributed by atoms with E-state index in [1.54, 1.807) is 12.1 Å². The summed E-state index contributed by atoms with van der Waals surface area (Å²) in [5.41, 5.74) is 1.21. The number of halogens is 1. The van der Waals surface area contributed by atoms with E-state index in [0.717, 1.165) is 12.3 Å². The number of benzene rings is 1. The van der Waals surface area contributed by atoms with Crippen LogP contribution in [0.5, 0.6) is 0 Å². The molecule has 106 valence electrons. The molecule has 1 fully saturated rings. The standard InChI is InChI=1S/C17H26FN/c1-3-13-7-5-6-8-17(13)19-16(4-2)14-9-11-15(18)12-10-14/h9-13,16-17,19H,3-8H2,1-2H3. The molecule has 0 amide bonds. The number of hydrogen-bond donors (Lipinski definition) is 1. The van der Waals surface area contributed by atoms with Crippen LogP contribution in [0.2, 0.25) is 0 Å². The molecule has 0 aliphatic heterocycles. The molecule has 1 N–H and O–H groups in total. The predicted molar refractivity (Wildman–Crippen MR) is 78.6 cm³/mol. The van der Waals surface area contributed by atoms with Crippen molar-refractivity contribution in [3.05, 3.63) is 35.6 Å². The fourth-order valence-corrected chi connectivity index (χ4v) is 3.32. The Morgan fingerprint density at radius 3 is 2.47 bits per heavy atom. The molecule has 0 heterocycles. The summed E-state index contributed by atoms with van der Waals surface area (Å²) in [6, 6.07) is 7.96. The second-order valence-electron chi connectivity index (χ2n) is 5.74. The summed E-state index contributed by atoms with van der Waals surface area (Å²) in [5, 5.41) is 3.82. The zero-order valence-electron chi connectivity index (χ0n) is 12.2. The van der Waals surface area contributed by atoms with Crippen LogP contribution in [0.3, 0.4) is 0 Å². The maximum Gasteiger partial charge on any atom is 0.123 e. The van der Waals surface area contributed by atoms with Crippen molar-refractivity contribution in [2.75, 3.05) is 0 Å². The lowest BCUT2D eigenvalue weighted by molar-refractivity contribution is 0.234. The van der Waals surface area contributed by atoms with E-state index < -0.39 is 0 Å². The number of rotatable bonds is 5. The molecule has 1 saturated carbocycles. The SMILES string of the molecule is CCC(NC1CCCCC1CC)c1ccc(F)cc1. The monoisotopic (exact) mass is 263 g/mol. The molecule has 0 saturated heterocycles. The van der Waals surface area contributed by atoms with Crippen LogP contribution in [0, 0.1) is 11.7 Å². The fourth-order valence-electron chi connectivity index (χ4n) is 3.32. The Morgan fingerprint density at radius 2 is 1.84 bits per heavy atom. The van der Waals surface area contributed by atoms with Gasteiger partial charge in [-0.3, -0.25) is 0 Å². The van der Waals surface area contributed by atoms with Crippen LogP contribution in [0.25, 0.3) is 0 Å². The molecule has 1 aromatic carbocycles. The predicted octanol–water partition coefficient (Wildman–Crippen LogP) is 4.84. The largest absolute Gasteiger partial charge is 0.307 e. The third-order valence-electron chi connectivity index (χ3n) is 4.53. The van der Waals surface area contributed by atoms with Crippen molar-refractivity contribution in [3.63, 3.8) is 0 Å². The highest BCUT2D eigenvalue weighted by Crippen LogP contribution is 2.29. The second kappa shape index (κ2) is 7.04. The highest BCUT2D eigenvalue weighted by atomic mass is 19.1. The van der Waals surface area contributed by atoms with Crippen LogP contribution in [0.4, 0.5) is 4.39 Å². The first kappa shape index (κ1) is 14.5. The van der Waals surface area contributed by atoms with Gasteiger partial charge in [0.2, 0.25) is 0 Å². The van der Waals surface area contributed by atoms with Gasteiger partial charge in [-0.2, -0.15) is 0 Å². The van der Waals surface area contributed by atoms with E-state index in [1.807, 2.05) is 12.1 Å². The van der Waals surface area contributed by atoms with Gasteiger partial charge in [-0.15, -0.1) is 0 Å². The lowest BCUT2D eigenvalue weighted by atomic mass is 9.82. The molecule has 1 aliphatic rings. The van der Waals surface area contributed by atoms with E-state index in [4.69, 9.17) is 0 Å². The van der Waals surface area contributed by atoms with Crippen LogP contribution in [0.1, 0.15) is 64.0 Å². The van der Waals surface area contributed by atoms with E-state index in [2.05, 4.69) is 19.2 Å². The molecular weight excluding hydrogens is 237 g/mol. The molecule has 1 nitrogen and oxygen atoms in total. The summed E-state index contributed by atoms with van der Waals surface area (Å²) in [4.78, 5) is 0. The van der Waals surface area contributed by atoms with E-state index in [-0.39, 0.29) is 5.82 Å². The zero-order chi connectivity index (χ0) is 13.7. The van der Waals surface area contributed by atoms with Gasteiger partial charge in [-0.1, -0.05) is 45.2 Å². The first-order chi connectivity index (χ1) is 9.24. The van der Waals surface area contributed by atoms with E-state index in [9.17, 15) is 4.39 Å². The van der Waals surface area contributed by atoms with E-state index in [1.165, 1.54) is 37.7 Å². The molecule has 2 rings (SSSR count). The quantitative estimate of drug-likeness (QED) is 0.802. The number of hydrogen-bond acceptors (Lipinski definition) is 1. The molecule has 0 aromatic heterocycles. The van der Waals surface area contributed by atoms with Crippen molar-refractivity contribution < 1.29 is 4.39 Å². The first-order valence-corrected chi connectivity index (χ1v) is 7.76. The van der Waals surface area contributed by atoms with E-state index >= 15 is 0 Å². The minimum Gasteiger partial charge on any atom is -0.307 e. The maximum absolute atomic E-state index is 13.0. The molecule has 0 radical (unpaired) electrons. The van der Waals surface area contributed by atoms with Crippen molar-refractivity contribution in [2.45, 2.75) is 64.5 Å². The van der Waals surface area contributed by atoms with Gasteiger partial charge >= 0.3 is 0 Å². The topological polar surface area (TPSA) is 12.0 Å². The molecule has 0 spiro atoms. The Hall–Kier alpha value is -0.890. The van der Waals surface area contributed by atoms with Crippen molar-refractivity contribution >= 4 is 0 Å². The zero-order valence-corrected chi connectivity index (χ0v) is 12.2. The highest BCUT2D eigenvalue weighted by molar-refractivity contribution is 5.20. The van der Waals surface area contributed by atoms with Gasteiger partial charge in [-0.25, -0.2) is 4.39 Å². The third kappa shape index (κ3) is 3.79. The molecular formula is C17H26FN. The van der Waals surface area contributed by atoms with Gasteiger partial charge in [0, 0.05) is 12.1 Å². The third-order valence-corrected chi connectivity index (χ3v) is 4.53. The maximum atomic E-state index is 13.0. The number of nitrogens with one attached hydrogen (secondary N) is 1. The van der Waals surface area contributed by atoms with Crippen LogP contribution in [-0.2, 0) is 0 Å². The van der Waals surface area contributed by atoms with Gasteiger partial charge in [-0.05, 0) is 42.9 Å². The van der Waals surface area contributed by atoms with Gasteiger partial charge in [0.25, 0.3) is 0 Å². The molecule has 3 unspecified atom stereocenters. The van der Waals surface area contributed by atoms with Crippen molar-refractivity contribution in [1.29, 1.82) is 0 Å². The molecule has 2 heteroatoms. The van der Waals surface area contributed by atoms with Gasteiger partial charge in [0.1, 0.15) is 5.82 Å². The average molecular weight is 263 g/mol. The van der Waals surface area contributed by atoms with Gasteiger partial charge < -0.3 is 5.32 Å². The van der Waals surface area contributed by atoms with Gasteiger partial charge in [0.15, 0.2) is 0 Å². The molecule has 1 aliphatic carbocycles. The van der Waals surface area contributed by atoms with Crippen LogP contribution >= 0.6 is 0 Å². The summed E-state index contributed by atoms with van der Waals surface area (Å²) in [6.45, 7) is 4.49. The van der Waals surface area contributed by atoms with Gasteiger partial charge in [0.05, 0.1) is 0 Å². The van der Waals surface area contributed by atoms with Crippen molar-refractivity contribution in [1.82, 2.24) is 5.32 Å². The normalized spacial score (nSPS) is 25.2. The minimum absolute atomic E-state index is 0.150. The smallest absolute Gasteiger partial charge is 0.123 e. The lowest BCUT2D eigenvalue weighted by Crippen LogP contribution is -2.40. The molecule has 3 atom stereocenters. The Bertz CT molecular complexity index is 373.